The van der Waals surface area contributed by atoms with Crippen LogP contribution in [-0.4, -0.2) is 16.9 Å². The Bertz CT molecular complexity index is 450. The van der Waals surface area contributed by atoms with E-state index < -0.39 is 5.97 Å². The van der Waals surface area contributed by atoms with E-state index in [2.05, 4.69) is 10.3 Å². The van der Waals surface area contributed by atoms with Gasteiger partial charge in [-0.25, -0.2) is 0 Å². The number of carbonyl (C=O) groups excluding carboxylic acids is 2. The lowest BCUT2D eigenvalue weighted by Gasteiger charge is -2.12. The van der Waals surface area contributed by atoms with Crippen LogP contribution in [0.5, 0.6) is 5.75 Å². The lowest BCUT2D eigenvalue weighted by molar-refractivity contribution is -0.132. The first-order valence-corrected chi connectivity index (χ1v) is 4.84. The molecule has 0 unspecified atom stereocenters. The molecule has 0 aliphatic carbocycles. The van der Waals surface area contributed by atoms with Crippen LogP contribution in [0.3, 0.4) is 0 Å². The van der Waals surface area contributed by atoms with Gasteiger partial charge in [-0.3, -0.25) is 14.6 Å². The van der Waals surface area contributed by atoms with Gasteiger partial charge < -0.3 is 10.1 Å². The second-order valence-electron chi connectivity index (χ2n) is 3.50. The Labute approximate surface area is 118 Å². The first-order chi connectivity index (χ1) is 7.40. The number of aromatic nitrogens is 1. The summed E-state index contributed by atoms with van der Waals surface area (Å²) in [6.45, 7) is 6.21. The lowest BCUT2D eigenvalue weighted by Crippen LogP contribution is -2.12. The van der Waals surface area contributed by atoms with Crippen LogP contribution in [0.1, 0.15) is 25.2 Å². The highest BCUT2D eigenvalue weighted by atomic mass is 35.5. The molecule has 0 bridgehead atoms. The first kappa shape index (κ1) is 19.0. The number of ether oxygens (including phenoxy) is 1. The van der Waals surface area contributed by atoms with Gasteiger partial charge in [-0.1, -0.05) is 0 Å². The van der Waals surface area contributed by atoms with Gasteiger partial charge in [0.25, 0.3) is 0 Å². The molecule has 7 heteroatoms. The van der Waals surface area contributed by atoms with E-state index in [9.17, 15) is 9.59 Å². The van der Waals surface area contributed by atoms with Crippen molar-refractivity contribution in [2.75, 3.05) is 5.32 Å². The highest BCUT2D eigenvalue weighted by molar-refractivity contribution is 5.91. The van der Waals surface area contributed by atoms with E-state index >= 15 is 0 Å². The van der Waals surface area contributed by atoms with E-state index in [0.717, 1.165) is 5.69 Å². The van der Waals surface area contributed by atoms with Crippen LogP contribution < -0.4 is 10.1 Å². The van der Waals surface area contributed by atoms with Crippen LogP contribution in [0.15, 0.2) is 6.07 Å². The standard InChI is InChI=1S/C11H14N2O3.2ClH/c1-6-5-10(13-8(3)14)11(7(2)12-6)16-9(4)15;;/h5H,1-4H3,(H,12,13,14);2*1H. The largest absolute Gasteiger partial charge is 0.423 e. The summed E-state index contributed by atoms with van der Waals surface area (Å²) in [5, 5.41) is 2.60. The summed E-state index contributed by atoms with van der Waals surface area (Å²) >= 11 is 0. The summed E-state index contributed by atoms with van der Waals surface area (Å²) in [6.07, 6.45) is 0. The van der Waals surface area contributed by atoms with E-state index in [4.69, 9.17) is 4.74 Å². The van der Waals surface area contributed by atoms with Crippen LogP contribution in [0.2, 0.25) is 0 Å². The Kier molecular flexibility index (Phi) is 8.34. The Morgan fingerprint density at radius 2 is 1.78 bits per heavy atom. The van der Waals surface area contributed by atoms with Gasteiger partial charge in [-0.05, 0) is 19.9 Å². The fraction of sp³-hybridized carbons (Fsp3) is 0.364. The van der Waals surface area contributed by atoms with E-state index in [1.54, 1.807) is 19.9 Å². The molecule has 1 amide bonds. The minimum atomic E-state index is -0.444. The number of amides is 1. The molecule has 1 rings (SSSR count). The van der Waals surface area contributed by atoms with Gasteiger partial charge in [0.2, 0.25) is 5.91 Å². The highest BCUT2D eigenvalue weighted by Gasteiger charge is 2.12. The van der Waals surface area contributed by atoms with E-state index in [0.29, 0.717) is 17.1 Å². The Morgan fingerprint density at radius 3 is 2.22 bits per heavy atom. The third-order valence-corrected chi connectivity index (χ3v) is 1.83. The fourth-order valence-corrected chi connectivity index (χ4v) is 1.37. The quantitative estimate of drug-likeness (QED) is 0.851. The minimum absolute atomic E-state index is 0. The van der Waals surface area contributed by atoms with Crippen molar-refractivity contribution >= 4 is 42.4 Å². The van der Waals surface area contributed by atoms with Crippen LogP contribution in [0, 0.1) is 13.8 Å². The van der Waals surface area contributed by atoms with Crippen LogP contribution in [0.25, 0.3) is 0 Å². The van der Waals surface area contributed by atoms with Gasteiger partial charge in [0.05, 0.1) is 11.4 Å². The zero-order valence-electron chi connectivity index (χ0n) is 10.6. The molecule has 0 aromatic carbocycles. The van der Waals surface area contributed by atoms with Gasteiger partial charge in [0, 0.05) is 19.5 Å². The summed E-state index contributed by atoms with van der Waals surface area (Å²) < 4.78 is 5.02. The van der Waals surface area contributed by atoms with Crippen molar-refractivity contribution in [2.45, 2.75) is 27.7 Å². The zero-order chi connectivity index (χ0) is 12.3. The Morgan fingerprint density at radius 1 is 1.22 bits per heavy atom. The van der Waals surface area contributed by atoms with E-state index in [1.165, 1.54) is 13.8 Å². The maximum absolute atomic E-state index is 11.0. The molecule has 5 nitrogen and oxygen atoms in total. The topological polar surface area (TPSA) is 68.3 Å². The molecule has 0 radical (unpaired) electrons. The van der Waals surface area contributed by atoms with Gasteiger partial charge in [0.15, 0.2) is 5.75 Å². The van der Waals surface area contributed by atoms with Crippen molar-refractivity contribution in [1.29, 1.82) is 0 Å². The molecule has 0 spiro atoms. The number of esters is 1. The second-order valence-corrected chi connectivity index (χ2v) is 3.50. The molecule has 102 valence electrons. The monoisotopic (exact) mass is 294 g/mol. The summed E-state index contributed by atoms with van der Waals surface area (Å²) in [5.41, 5.74) is 1.78. The van der Waals surface area contributed by atoms with E-state index in [-0.39, 0.29) is 30.7 Å². The predicted octanol–water partition coefficient (Wildman–Crippen LogP) is 2.43. The molecular weight excluding hydrogens is 279 g/mol. The van der Waals surface area contributed by atoms with Gasteiger partial charge >= 0.3 is 5.97 Å². The molecule has 1 aromatic heterocycles. The lowest BCUT2D eigenvalue weighted by atomic mass is 10.2. The summed E-state index contributed by atoms with van der Waals surface area (Å²) in [5.74, 6) is -0.368. The number of anilines is 1. The molecule has 0 fully saturated rings. The zero-order valence-corrected chi connectivity index (χ0v) is 12.2. The maximum Gasteiger partial charge on any atom is 0.308 e. The number of pyridine rings is 1. The molecule has 0 saturated heterocycles. The molecule has 0 aliphatic rings. The highest BCUT2D eigenvalue weighted by Crippen LogP contribution is 2.28. The normalized spacial score (nSPS) is 8.67. The average molecular weight is 295 g/mol. The summed E-state index contributed by atoms with van der Waals surface area (Å²) in [7, 11) is 0. The summed E-state index contributed by atoms with van der Waals surface area (Å²) in [6, 6.07) is 1.66. The summed E-state index contributed by atoms with van der Waals surface area (Å²) in [4.78, 5) is 26.1. The van der Waals surface area contributed by atoms with Crippen molar-refractivity contribution in [3.05, 3.63) is 17.5 Å². The van der Waals surface area contributed by atoms with E-state index in [1.807, 2.05) is 0 Å². The molecule has 0 saturated carbocycles. The van der Waals surface area contributed by atoms with Gasteiger partial charge in [0.1, 0.15) is 0 Å². The number of nitrogens with one attached hydrogen (secondary N) is 1. The van der Waals surface area contributed by atoms with Crippen molar-refractivity contribution in [3.63, 3.8) is 0 Å². The molecule has 1 heterocycles. The van der Waals surface area contributed by atoms with Crippen molar-refractivity contribution in [3.8, 4) is 5.75 Å². The average Bonchev–Trinajstić information content (AvgIpc) is 2.09. The minimum Gasteiger partial charge on any atom is -0.423 e. The second kappa shape index (κ2) is 7.89. The SMILES string of the molecule is CC(=O)Nc1cc(C)nc(C)c1OC(C)=O.Cl.Cl. The van der Waals surface area contributed by atoms with Crippen molar-refractivity contribution < 1.29 is 14.3 Å². The van der Waals surface area contributed by atoms with Gasteiger partial charge in [-0.15, -0.1) is 24.8 Å². The molecule has 0 aliphatic heterocycles. The Hall–Kier alpha value is -1.33. The third kappa shape index (κ3) is 5.33. The van der Waals surface area contributed by atoms with Crippen LogP contribution in [-0.2, 0) is 9.59 Å². The Balaban J connectivity index is 0. The number of rotatable bonds is 2. The number of hydrogen-bond donors (Lipinski definition) is 1. The van der Waals surface area contributed by atoms with Crippen molar-refractivity contribution in [1.82, 2.24) is 4.98 Å². The number of carbonyl (C=O) groups is 2. The maximum atomic E-state index is 11.0. The smallest absolute Gasteiger partial charge is 0.308 e. The number of hydrogen-bond acceptors (Lipinski definition) is 4. The first-order valence-electron chi connectivity index (χ1n) is 4.84. The fourth-order valence-electron chi connectivity index (χ4n) is 1.37. The van der Waals surface area contributed by atoms with Crippen LogP contribution in [0.4, 0.5) is 5.69 Å². The molecule has 18 heavy (non-hydrogen) atoms. The molecule has 1 aromatic rings. The van der Waals surface area contributed by atoms with Crippen LogP contribution >= 0.6 is 24.8 Å². The number of aryl methyl sites for hydroxylation is 2. The molecule has 1 N–H and O–H groups in total. The predicted molar refractivity (Wildman–Crippen MR) is 73.8 cm³/mol. The number of halogens is 2. The van der Waals surface area contributed by atoms with Crippen molar-refractivity contribution in [2.24, 2.45) is 0 Å². The molecule has 0 atom stereocenters. The third-order valence-electron chi connectivity index (χ3n) is 1.83. The molecular formula is C11H16Cl2N2O3. The number of nitrogens with zero attached hydrogens (tertiary/aromatic N) is 1. The van der Waals surface area contributed by atoms with Gasteiger partial charge in [-0.2, -0.15) is 0 Å².